The van der Waals surface area contributed by atoms with Crippen molar-refractivity contribution in [2.45, 2.75) is 65.5 Å². The number of aliphatic hydroxyl groups is 2. The number of H-pyrrole nitrogens is 1. The normalized spacial score (nSPS) is 12.6. The van der Waals surface area contributed by atoms with Crippen molar-refractivity contribution in [3.05, 3.63) is 174 Å². The zero-order valence-electron chi connectivity index (χ0n) is 45.4. The van der Waals surface area contributed by atoms with E-state index < -0.39 is 41.8 Å². The third kappa shape index (κ3) is 10.9. The number of benzene rings is 3. The number of ether oxygens (including phenoxy) is 3. The molecular weight excluding hydrogens is 985 g/mol. The molecule has 9 aromatic rings. The molecule has 3 unspecified atom stereocenters. The number of pyridine rings is 3. The van der Waals surface area contributed by atoms with E-state index in [0.29, 0.717) is 55.1 Å². The van der Waals surface area contributed by atoms with Gasteiger partial charge in [0, 0.05) is 86.7 Å². The van der Waals surface area contributed by atoms with Crippen molar-refractivity contribution in [3.8, 4) is 33.4 Å². The van der Waals surface area contributed by atoms with Gasteiger partial charge >= 0.3 is 17.9 Å². The number of carbonyl (C=O) groups is 3. The molecule has 0 radical (unpaired) electrons. The molecule has 9 rings (SSSR count). The molecule has 0 amide bonds. The lowest BCUT2D eigenvalue weighted by molar-refractivity contribution is -0.161. The van der Waals surface area contributed by atoms with Crippen molar-refractivity contribution in [2.75, 3.05) is 14.2 Å². The first kappa shape index (κ1) is 56.2. The van der Waals surface area contributed by atoms with Crippen LogP contribution in [0.5, 0.6) is 0 Å². The number of aromatic nitrogens is 6. The molecule has 0 aliphatic carbocycles. The number of hydrogen-bond donors (Lipinski definition) is 4. The summed E-state index contributed by atoms with van der Waals surface area (Å²) < 4.78 is 22.7. The van der Waals surface area contributed by atoms with Crippen LogP contribution >= 0.6 is 0 Å². The Morgan fingerprint density at radius 3 is 1.23 bits per heavy atom. The van der Waals surface area contributed by atoms with Gasteiger partial charge in [-0.25, -0.2) is 14.4 Å². The number of rotatable bonds is 10. The zero-order valence-corrected chi connectivity index (χ0v) is 45.4. The molecule has 0 saturated carbocycles. The van der Waals surface area contributed by atoms with Gasteiger partial charge in [0.05, 0.1) is 36.9 Å². The number of fused-ring (bicyclic) bond motifs is 3. The lowest BCUT2D eigenvalue weighted by atomic mass is 9.95. The second-order valence-corrected chi connectivity index (χ2v) is 19.9. The monoisotopic (exact) mass is 1050 g/mol. The fourth-order valence-electron chi connectivity index (χ4n) is 9.52. The number of nitrogens with zero attached hydrogens (tertiary/aromatic N) is 5. The predicted octanol–water partition coefficient (Wildman–Crippen LogP) is 7.90. The van der Waals surface area contributed by atoms with E-state index in [1.54, 1.807) is 69.5 Å². The van der Waals surface area contributed by atoms with E-state index in [9.17, 15) is 44.1 Å². The first-order chi connectivity index (χ1) is 36.3. The lowest BCUT2D eigenvalue weighted by Gasteiger charge is -2.28. The standard InChI is InChI=1S/C22H26N2O4.C19H20N2O4.C18H18N2O4/c1-13-7-9-14(10-8-13)16-15-11-12-23(5)17(15)20(25)24(6)18(16)19(21(26)27)28-22(2,3)4;1-11-5-7-12(8-6-11)14-13-9-10-20(2)15(13)18(23)21(3)16(14)17(22)19(24)25-4;1-10-4-6-11(7-5-10)13-12-8-9-19-14(12)17(22)20(2)15(13)16(21)18(23)24-3/h7-12,19H,1-6H3,(H,26,27);5-10,17,22H,1-4H3;4-9,16,19,21H,1-3H3. The molecule has 0 saturated heterocycles. The Balaban J connectivity index is 0.000000168. The number of carboxylic acids is 1. The molecule has 77 heavy (non-hydrogen) atoms. The minimum atomic E-state index is -1.55. The van der Waals surface area contributed by atoms with Gasteiger partial charge in [0.1, 0.15) is 16.6 Å². The van der Waals surface area contributed by atoms with Crippen LogP contribution in [0.4, 0.5) is 0 Å². The highest BCUT2D eigenvalue weighted by Gasteiger charge is 2.34. The number of nitrogens with one attached hydrogen (secondary N) is 1. The van der Waals surface area contributed by atoms with E-state index in [-0.39, 0.29) is 28.1 Å². The second-order valence-electron chi connectivity index (χ2n) is 19.9. The minimum Gasteiger partial charge on any atom is -0.479 e. The average Bonchev–Trinajstić information content (AvgIpc) is 4.17. The number of aliphatic hydroxyl groups excluding tert-OH is 2. The average molecular weight is 1050 g/mol. The van der Waals surface area contributed by atoms with Crippen LogP contribution in [0.2, 0.25) is 0 Å². The molecule has 6 heterocycles. The van der Waals surface area contributed by atoms with E-state index in [0.717, 1.165) is 33.4 Å². The Hall–Kier alpha value is -8.58. The summed E-state index contributed by atoms with van der Waals surface area (Å²) in [5.74, 6) is -2.75. The van der Waals surface area contributed by atoms with Crippen molar-refractivity contribution in [3.63, 3.8) is 0 Å². The maximum absolute atomic E-state index is 13.1. The molecule has 6 aromatic heterocycles. The molecule has 0 aliphatic rings. The Labute approximate surface area is 443 Å². The number of aryl methyl sites for hydroxylation is 5. The number of carboxylic acid groups (broad SMARTS) is 1. The smallest absolute Gasteiger partial charge is 0.340 e. The van der Waals surface area contributed by atoms with Crippen LogP contribution in [-0.2, 0) is 63.8 Å². The molecule has 0 bridgehead atoms. The Kier molecular flexibility index (Phi) is 16.3. The Morgan fingerprint density at radius 1 is 0.519 bits per heavy atom. The summed E-state index contributed by atoms with van der Waals surface area (Å²) in [5.41, 5.74) is 8.41. The molecule has 402 valence electrons. The number of esters is 2. The maximum atomic E-state index is 13.1. The zero-order chi connectivity index (χ0) is 56.5. The van der Waals surface area contributed by atoms with Crippen molar-refractivity contribution in [1.29, 1.82) is 0 Å². The van der Waals surface area contributed by atoms with Gasteiger partial charge in [0.15, 0.2) is 18.3 Å². The van der Waals surface area contributed by atoms with Crippen LogP contribution in [0.3, 0.4) is 0 Å². The lowest BCUT2D eigenvalue weighted by Crippen LogP contribution is -2.33. The topological polar surface area (TPSA) is 231 Å². The quantitative estimate of drug-likeness (QED) is 0.0958. The van der Waals surface area contributed by atoms with Crippen LogP contribution in [0, 0.1) is 20.8 Å². The third-order valence-corrected chi connectivity index (χ3v) is 13.4. The molecule has 3 aromatic carbocycles. The van der Waals surface area contributed by atoms with Gasteiger partial charge in [-0.05, 0) is 76.4 Å². The van der Waals surface area contributed by atoms with Crippen LogP contribution in [0.1, 0.15) is 72.9 Å². The highest BCUT2D eigenvalue weighted by atomic mass is 16.5. The van der Waals surface area contributed by atoms with Crippen LogP contribution < -0.4 is 16.7 Å². The van der Waals surface area contributed by atoms with Gasteiger partial charge in [0.2, 0.25) is 0 Å². The van der Waals surface area contributed by atoms with Crippen LogP contribution in [-0.4, -0.2) is 80.9 Å². The molecule has 18 heteroatoms. The van der Waals surface area contributed by atoms with Gasteiger partial charge in [-0.1, -0.05) is 89.5 Å². The van der Waals surface area contributed by atoms with E-state index in [1.165, 1.54) is 35.0 Å². The summed E-state index contributed by atoms with van der Waals surface area (Å²) in [4.78, 5) is 77.3. The largest absolute Gasteiger partial charge is 0.479 e. The maximum Gasteiger partial charge on any atom is 0.340 e. The third-order valence-electron chi connectivity index (χ3n) is 13.4. The molecule has 0 spiro atoms. The summed E-state index contributed by atoms with van der Waals surface area (Å²) >= 11 is 0. The number of carbonyl (C=O) groups excluding carboxylic acids is 2. The number of hydrogen-bond acceptors (Lipinski definition) is 11. The first-order valence-electron chi connectivity index (χ1n) is 24.5. The van der Waals surface area contributed by atoms with Gasteiger partial charge in [-0.15, -0.1) is 0 Å². The van der Waals surface area contributed by atoms with Crippen molar-refractivity contribution in [1.82, 2.24) is 27.8 Å². The Bertz CT molecular complexity index is 3880. The summed E-state index contributed by atoms with van der Waals surface area (Å²) in [7, 11) is 10.7. The first-order valence-corrected chi connectivity index (χ1v) is 24.5. The van der Waals surface area contributed by atoms with Gasteiger partial charge in [-0.3, -0.25) is 14.4 Å². The highest BCUT2D eigenvalue weighted by molar-refractivity contribution is 6.00. The van der Waals surface area contributed by atoms with Gasteiger partial charge in [-0.2, -0.15) is 0 Å². The highest BCUT2D eigenvalue weighted by Crippen LogP contribution is 2.39. The fraction of sp³-hybridized carbons (Fsp3) is 0.288. The van der Waals surface area contributed by atoms with Crippen molar-refractivity contribution < 1.29 is 43.9 Å². The number of aliphatic carboxylic acids is 1. The molecule has 0 aliphatic heterocycles. The molecule has 0 fully saturated rings. The summed E-state index contributed by atoms with van der Waals surface area (Å²) in [6, 6.07) is 28.7. The van der Waals surface area contributed by atoms with E-state index in [4.69, 9.17) is 4.74 Å². The van der Waals surface area contributed by atoms with Crippen molar-refractivity contribution >= 4 is 50.6 Å². The predicted molar refractivity (Wildman–Crippen MR) is 296 cm³/mol. The molecule has 4 N–H and O–H groups in total. The van der Waals surface area contributed by atoms with E-state index in [1.807, 2.05) is 119 Å². The van der Waals surface area contributed by atoms with E-state index >= 15 is 0 Å². The van der Waals surface area contributed by atoms with Crippen LogP contribution in [0.25, 0.3) is 66.1 Å². The van der Waals surface area contributed by atoms with Crippen molar-refractivity contribution in [2.24, 2.45) is 35.2 Å². The number of aromatic amines is 1. The van der Waals surface area contributed by atoms with E-state index in [2.05, 4.69) is 14.5 Å². The van der Waals surface area contributed by atoms with Crippen LogP contribution in [0.15, 0.2) is 124 Å². The van der Waals surface area contributed by atoms with Gasteiger partial charge < -0.3 is 57.3 Å². The SMILES string of the molecule is COC(=O)C(O)c1c(-c2ccc(C)cc2)c2cc[nH]c2c(=O)n1C.COC(=O)C(O)c1c(-c2ccc(C)cc2)c2ccn(C)c2c(=O)n1C.Cc1ccc(-c2c(C(OC(C)(C)C)C(=O)O)n(C)c(=O)c3c2ccn3C)cc1. The summed E-state index contributed by atoms with van der Waals surface area (Å²) in [5, 5.41) is 33.0. The van der Waals surface area contributed by atoms with Gasteiger partial charge in [0.25, 0.3) is 16.7 Å². The second kappa shape index (κ2) is 22.3. The molecule has 18 nitrogen and oxygen atoms in total. The number of methoxy groups -OCH3 is 2. The Morgan fingerprint density at radius 2 is 0.870 bits per heavy atom. The minimum absolute atomic E-state index is 0.211. The molecular formula is C59H64N6O12. The summed E-state index contributed by atoms with van der Waals surface area (Å²) in [6.07, 6.45) is 0.884. The summed E-state index contributed by atoms with van der Waals surface area (Å²) in [6.45, 7) is 11.3. The molecule has 3 atom stereocenters. The fourth-order valence-corrected chi connectivity index (χ4v) is 9.52.